The first kappa shape index (κ1) is 10.4. The summed E-state index contributed by atoms with van der Waals surface area (Å²) in [5.74, 6) is 1.41. The average Bonchev–Trinajstić information content (AvgIpc) is 2.90. The van der Waals surface area contributed by atoms with Crippen molar-refractivity contribution in [1.82, 2.24) is 30.6 Å². The Labute approximate surface area is 102 Å². The lowest BCUT2D eigenvalue weighted by molar-refractivity contribution is 0.881. The molecular formula is C10H10N8. The van der Waals surface area contributed by atoms with E-state index in [1.807, 2.05) is 24.3 Å². The Balaban J connectivity index is 1.88. The first-order valence-corrected chi connectivity index (χ1v) is 5.31. The van der Waals surface area contributed by atoms with Crippen LogP contribution in [-0.4, -0.2) is 30.6 Å². The number of aromatic amines is 1. The van der Waals surface area contributed by atoms with Crippen molar-refractivity contribution in [2.24, 2.45) is 0 Å². The number of rotatable bonds is 3. The molecule has 4 N–H and O–H groups in total. The maximum absolute atomic E-state index is 5.87. The van der Waals surface area contributed by atoms with E-state index < -0.39 is 0 Å². The van der Waals surface area contributed by atoms with Crippen molar-refractivity contribution in [3.63, 3.8) is 0 Å². The summed E-state index contributed by atoms with van der Waals surface area (Å²) in [6.45, 7) is 0.383. The third kappa shape index (κ3) is 1.90. The monoisotopic (exact) mass is 242 g/mol. The normalized spacial score (nSPS) is 10.7. The van der Waals surface area contributed by atoms with E-state index in [4.69, 9.17) is 5.73 Å². The number of nitrogens with zero attached hydrogens (tertiary/aromatic N) is 5. The number of benzene rings is 1. The number of nitrogens with one attached hydrogen (secondary N) is 2. The van der Waals surface area contributed by atoms with Gasteiger partial charge < -0.3 is 11.1 Å². The van der Waals surface area contributed by atoms with Crippen LogP contribution in [0.4, 0.5) is 11.8 Å². The van der Waals surface area contributed by atoms with Gasteiger partial charge in [-0.2, -0.15) is 10.2 Å². The van der Waals surface area contributed by atoms with E-state index in [0.717, 1.165) is 10.9 Å². The van der Waals surface area contributed by atoms with Crippen molar-refractivity contribution in [2.75, 3.05) is 11.1 Å². The number of tetrazole rings is 1. The lowest BCUT2D eigenvalue weighted by Gasteiger charge is -2.05. The minimum absolute atomic E-state index is 0.383. The molecule has 0 spiro atoms. The summed E-state index contributed by atoms with van der Waals surface area (Å²) in [7, 11) is 0. The highest BCUT2D eigenvalue weighted by Crippen LogP contribution is 2.18. The SMILES string of the molecule is Nc1nc(NCc2nn[nH]n2)nc2ccccc12. The van der Waals surface area contributed by atoms with Crippen LogP contribution in [0.2, 0.25) is 0 Å². The van der Waals surface area contributed by atoms with Crippen LogP contribution in [0.5, 0.6) is 0 Å². The zero-order chi connectivity index (χ0) is 12.4. The van der Waals surface area contributed by atoms with Crippen molar-refractivity contribution in [3.05, 3.63) is 30.1 Å². The van der Waals surface area contributed by atoms with E-state index >= 15 is 0 Å². The highest BCUT2D eigenvalue weighted by molar-refractivity contribution is 5.88. The van der Waals surface area contributed by atoms with Crippen LogP contribution in [0.3, 0.4) is 0 Å². The highest BCUT2D eigenvalue weighted by atomic mass is 15.5. The van der Waals surface area contributed by atoms with E-state index in [2.05, 4.69) is 35.9 Å². The molecule has 8 nitrogen and oxygen atoms in total. The molecule has 1 aromatic carbocycles. The number of nitrogen functional groups attached to an aromatic ring is 1. The first-order valence-electron chi connectivity index (χ1n) is 5.31. The quantitative estimate of drug-likeness (QED) is 0.605. The molecule has 0 atom stereocenters. The summed E-state index contributed by atoms with van der Waals surface area (Å²) in [5.41, 5.74) is 6.66. The fourth-order valence-corrected chi connectivity index (χ4v) is 1.60. The van der Waals surface area contributed by atoms with Crippen molar-refractivity contribution >= 4 is 22.7 Å². The molecule has 0 bridgehead atoms. The molecule has 2 aromatic heterocycles. The van der Waals surface area contributed by atoms with Crippen molar-refractivity contribution < 1.29 is 0 Å². The maximum Gasteiger partial charge on any atom is 0.225 e. The van der Waals surface area contributed by atoms with Gasteiger partial charge in [0.1, 0.15) is 5.82 Å². The summed E-state index contributed by atoms with van der Waals surface area (Å²) >= 11 is 0. The molecule has 0 aliphatic carbocycles. The number of hydrogen-bond acceptors (Lipinski definition) is 7. The average molecular weight is 242 g/mol. The highest BCUT2D eigenvalue weighted by Gasteiger charge is 2.05. The first-order chi connectivity index (χ1) is 8.83. The number of anilines is 2. The molecule has 0 aliphatic heterocycles. The summed E-state index contributed by atoms with van der Waals surface area (Å²) in [5, 5.41) is 17.3. The Bertz CT molecular complexity index is 663. The van der Waals surface area contributed by atoms with Crippen LogP contribution in [0.1, 0.15) is 5.82 Å². The summed E-state index contributed by atoms with van der Waals surface area (Å²) < 4.78 is 0. The molecule has 0 aliphatic rings. The Morgan fingerprint density at radius 3 is 2.94 bits per heavy atom. The van der Waals surface area contributed by atoms with Gasteiger partial charge in [-0.25, -0.2) is 4.98 Å². The molecular weight excluding hydrogens is 232 g/mol. The molecule has 90 valence electrons. The van der Waals surface area contributed by atoms with E-state index in [1.54, 1.807) is 0 Å². The van der Waals surface area contributed by atoms with Crippen molar-refractivity contribution in [2.45, 2.75) is 6.54 Å². The van der Waals surface area contributed by atoms with Crippen LogP contribution in [0.25, 0.3) is 10.9 Å². The lowest BCUT2D eigenvalue weighted by Crippen LogP contribution is -2.07. The minimum Gasteiger partial charge on any atom is -0.383 e. The molecule has 18 heavy (non-hydrogen) atoms. The van der Waals surface area contributed by atoms with Gasteiger partial charge in [-0.1, -0.05) is 17.3 Å². The molecule has 8 heteroatoms. The summed E-state index contributed by atoms with van der Waals surface area (Å²) in [4.78, 5) is 8.52. The molecule has 2 heterocycles. The molecule has 0 amide bonds. The predicted octanol–water partition coefficient (Wildman–Crippen LogP) is 0.337. The largest absolute Gasteiger partial charge is 0.383 e. The number of fused-ring (bicyclic) bond motifs is 1. The Morgan fingerprint density at radius 2 is 2.11 bits per heavy atom. The number of nitrogens with two attached hydrogens (primary N) is 1. The van der Waals surface area contributed by atoms with Gasteiger partial charge in [-0.05, 0) is 12.1 Å². The van der Waals surface area contributed by atoms with Gasteiger partial charge in [0, 0.05) is 5.39 Å². The predicted molar refractivity (Wildman–Crippen MR) is 65.5 cm³/mol. The van der Waals surface area contributed by atoms with Crippen LogP contribution in [0, 0.1) is 0 Å². The van der Waals surface area contributed by atoms with Crippen molar-refractivity contribution in [3.8, 4) is 0 Å². The zero-order valence-corrected chi connectivity index (χ0v) is 9.33. The summed E-state index contributed by atoms with van der Waals surface area (Å²) in [6, 6.07) is 7.56. The molecule has 0 saturated heterocycles. The summed E-state index contributed by atoms with van der Waals surface area (Å²) in [6.07, 6.45) is 0. The van der Waals surface area contributed by atoms with Gasteiger partial charge in [-0.15, -0.1) is 10.2 Å². The van der Waals surface area contributed by atoms with Crippen LogP contribution < -0.4 is 11.1 Å². The van der Waals surface area contributed by atoms with E-state index in [0.29, 0.717) is 24.1 Å². The van der Waals surface area contributed by atoms with E-state index in [-0.39, 0.29) is 0 Å². The molecule has 0 unspecified atom stereocenters. The Morgan fingerprint density at radius 1 is 1.22 bits per heavy atom. The fraction of sp³-hybridized carbons (Fsp3) is 0.100. The van der Waals surface area contributed by atoms with E-state index in [9.17, 15) is 0 Å². The third-order valence-electron chi connectivity index (χ3n) is 2.43. The van der Waals surface area contributed by atoms with Crippen LogP contribution in [-0.2, 0) is 6.54 Å². The van der Waals surface area contributed by atoms with Crippen LogP contribution in [0.15, 0.2) is 24.3 Å². The van der Waals surface area contributed by atoms with Gasteiger partial charge in [0.15, 0.2) is 5.82 Å². The van der Waals surface area contributed by atoms with Gasteiger partial charge in [0.05, 0.1) is 12.1 Å². The standard InChI is InChI=1S/C10H10N8/c11-9-6-3-1-2-4-7(6)13-10(14-9)12-5-8-15-17-18-16-8/h1-4H,5H2,(H3,11,12,13,14)(H,15,16,17,18). The van der Waals surface area contributed by atoms with Gasteiger partial charge >= 0.3 is 0 Å². The smallest absolute Gasteiger partial charge is 0.225 e. The molecule has 0 saturated carbocycles. The second-order valence-corrected chi connectivity index (χ2v) is 3.63. The van der Waals surface area contributed by atoms with Crippen LogP contribution >= 0.6 is 0 Å². The number of H-pyrrole nitrogens is 1. The molecule has 3 aromatic rings. The van der Waals surface area contributed by atoms with E-state index in [1.165, 1.54) is 0 Å². The fourth-order valence-electron chi connectivity index (χ4n) is 1.60. The van der Waals surface area contributed by atoms with Gasteiger partial charge in [0.25, 0.3) is 0 Å². The van der Waals surface area contributed by atoms with Gasteiger partial charge in [0.2, 0.25) is 5.95 Å². The second-order valence-electron chi connectivity index (χ2n) is 3.63. The number of aromatic nitrogens is 6. The number of para-hydroxylation sites is 1. The maximum atomic E-state index is 5.87. The lowest BCUT2D eigenvalue weighted by atomic mass is 10.2. The molecule has 0 radical (unpaired) electrons. The molecule has 3 rings (SSSR count). The third-order valence-corrected chi connectivity index (χ3v) is 2.43. The molecule has 0 fully saturated rings. The second kappa shape index (κ2) is 4.24. The Kier molecular flexibility index (Phi) is 2.45. The Hall–Kier alpha value is -2.77. The van der Waals surface area contributed by atoms with Gasteiger partial charge in [-0.3, -0.25) is 0 Å². The zero-order valence-electron chi connectivity index (χ0n) is 9.33. The number of hydrogen-bond donors (Lipinski definition) is 3. The minimum atomic E-state index is 0.383. The van der Waals surface area contributed by atoms with Crippen molar-refractivity contribution in [1.29, 1.82) is 0 Å². The topological polar surface area (TPSA) is 118 Å².